The fourth-order valence-corrected chi connectivity index (χ4v) is 3.75. The lowest BCUT2D eigenvalue weighted by molar-refractivity contribution is -0.222. The molecule has 0 spiro atoms. The first-order chi connectivity index (χ1) is 13.1. The molecule has 0 saturated carbocycles. The monoisotopic (exact) mass is 406 g/mol. The summed E-state index contributed by atoms with van der Waals surface area (Å²) in [7, 11) is -3.71. The summed E-state index contributed by atoms with van der Waals surface area (Å²) in [6.45, 7) is 10.3. The summed E-state index contributed by atoms with van der Waals surface area (Å²) in [6, 6.07) is 5.84. The highest BCUT2D eigenvalue weighted by Crippen LogP contribution is 2.23. The molecule has 0 amide bonds. The van der Waals surface area contributed by atoms with Gasteiger partial charge in [-0.2, -0.15) is 4.31 Å². The molecule has 0 atom stereocenters. The van der Waals surface area contributed by atoms with Crippen molar-refractivity contribution in [2.24, 2.45) is 0 Å². The first-order valence-electron chi connectivity index (χ1n) is 8.36. The first kappa shape index (κ1) is 21.4. The van der Waals surface area contributed by atoms with E-state index in [1.54, 1.807) is 0 Å². The van der Waals surface area contributed by atoms with Gasteiger partial charge in [-0.1, -0.05) is 12.2 Å². The van der Waals surface area contributed by atoms with Crippen LogP contribution >= 0.6 is 0 Å². The SMILES string of the molecule is C=CCN(CC=C)S(=O)(=O)c1ccc(NC=C2C(=O)OC(C)(C)OC2=O)cc1. The number of carbonyl (C=O) groups is 2. The lowest BCUT2D eigenvalue weighted by atomic mass is 10.2. The van der Waals surface area contributed by atoms with Gasteiger partial charge in [0.05, 0.1) is 4.90 Å². The van der Waals surface area contributed by atoms with Crippen LogP contribution in [0.3, 0.4) is 0 Å². The average Bonchev–Trinajstić information content (AvgIpc) is 2.60. The van der Waals surface area contributed by atoms with Gasteiger partial charge in [-0.15, -0.1) is 13.2 Å². The van der Waals surface area contributed by atoms with Gasteiger partial charge >= 0.3 is 11.9 Å². The first-order valence-corrected chi connectivity index (χ1v) is 9.80. The van der Waals surface area contributed by atoms with Crippen LogP contribution in [0, 0.1) is 0 Å². The van der Waals surface area contributed by atoms with Crippen LogP contribution < -0.4 is 5.32 Å². The third kappa shape index (κ3) is 4.87. The van der Waals surface area contributed by atoms with Crippen molar-refractivity contribution >= 4 is 27.6 Å². The topological polar surface area (TPSA) is 102 Å². The Morgan fingerprint density at radius 2 is 1.54 bits per heavy atom. The maximum atomic E-state index is 12.7. The van der Waals surface area contributed by atoms with E-state index in [1.807, 2.05) is 0 Å². The van der Waals surface area contributed by atoms with Crippen molar-refractivity contribution in [1.29, 1.82) is 0 Å². The molecule has 150 valence electrons. The number of hydrogen-bond acceptors (Lipinski definition) is 7. The molecule has 1 aromatic carbocycles. The highest BCUT2D eigenvalue weighted by Gasteiger charge is 2.38. The van der Waals surface area contributed by atoms with Gasteiger partial charge in [0.2, 0.25) is 10.0 Å². The number of nitrogens with zero attached hydrogens (tertiary/aromatic N) is 1. The molecule has 0 aliphatic carbocycles. The molecule has 1 N–H and O–H groups in total. The minimum Gasteiger partial charge on any atom is -0.419 e. The Morgan fingerprint density at radius 1 is 1.04 bits per heavy atom. The molecule has 1 saturated heterocycles. The number of carbonyl (C=O) groups excluding carboxylic acids is 2. The Kier molecular flexibility index (Phi) is 6.42. The van der Waals surface area contributed by atoms with Crippen LogP contribution in [-0.2, 0) is 29.1 Å². The van der Waals surface area contributed by atoms with E-state index in [1.165, 1.54) is 54.6 Å². The van der Waals surface area contributed by atoms with Gasteiger partial charge in [0.15, 0.2) is 5.57 Å². The van der Waals surface area contributed by atoms with E-state index in [4.69, 9.17) is 9.47 Å². The summed E-state index contributed by atoms with van der Waals surface area (Å²) < 4.78 is 36.5. The average molecular weight is 406 g/mol. The Balaban J connectivity index is 2.17. The van der Waals surface area contributed by atoms with Crippen molar-refractivity contribution in [3.05, 3.63) is 61.3 Å². The fraction of sp³-hybridized carbons (Fsp3) is 0.263. The molecule has 0 aromatic heterocycles. The molecule has 1 aliphatic heterocycles. The molecule has 2 rings (SSSR count). The van der Waals surface area contributed by atoms with Gasteiger partial charge in [-0.05, 0) is 24.3 Å². The zero-order valence-electron chi connectivity index (χ0n) is 15.7. The zero-order valence-corrected chi connectivity index (χ0v) is 16.5. The van der Waals surface area contributed by atoms with Crippen LogP contribution in [0.25, 0.3) is 0 Å². The van der Waals surface area contributed by atoms with Crippen molar-refractivity contribution in [1.82, 2.24) is 4.31 Å². The van der Waals surface area contributed by atoms with E-state index in [2.05, 4.69) is 18.5 Å². The molecule has 9 heteroatoms. The van der Waals surface area contributed by atoms with Crippen LogP contribution in [0.5, 0.6) is 0 Å². The minimum atomic E-state index is -3.71. The number of ether oxygens (including phenoxy) is 2. The molecule has 1 aliphatic rings. The van der Waals surface area contributed by atoms with Crippen LogP contribution in [0.1, 0.15) is 13.8 Å². The number of benzene rings is 1. The van der Waals surface area contributed by atoms with Crippen molar-refractivity contribution in [2.75, 3.05) is 18.4 Å². The highest BCUT2D eigenvalue weighted by molar-refractivity contribution is 7.89. The zero-order chi connectivity index (χ0) is 20.9. The molecule has 28 heavy (non-hydrogen) atoms. The number of esters is 2. The van der Waals surface area contributed by atoms with E-state index in [0.717, 1.165) is 6.20 Å². The largest absolute Gasteiger partial charge is 0.419 e. The van der Waals surface area contributed by atoms with Gasteiger partial charge in [0.25, 0.3) is 5.79 Å². The van der Waals surface area contributed by atoms with E-state index in [-0.39, 0.29) is 23.6 Å². The van der Waals surface area contributed by atoms with Crippen molar-refractivity contribution in [3.63, 3.8) is 0 Å². The van der Waals surface area contributed by atoms with Gasteiger partial charge in [0, 0.05) is 38.8 Å². The van der Waals surface area contributed by atoms with Crippen molar-refractivity contribution < 1.29 is 27.5 Å². The second-order valence-electron chi connectivity index (χ2n) is 6.30. The minimum absolute atomic E-state index is 0.0904. The molecule has 8 nitrogen and oxygen atoms in total. The molecular weight excluding hydrogens is 384 g/mol. The predicted molar refractivity (Wildman–Crippen MR) is 104 cm³/mol. The fourth-order valence-electron chi connectivity index (χ4n) is 2.36. The number of sulfonamides is 1. The quantitative estimate of drug-likeness (QED) is 0.305. The number of anilines is 1. The van der Waals surface area contributed by atoms with Gasteiger partial charge in [-0.3, -0.25) is 0 Å². The van der Waals surface area contributed by atoms with Crippen molar-refractivity contribution in [3.8, 4) is 0 Å². The standard InChI is InChI=1S/C19H22N2O6S/c1-5-11-21(12-6-2)28(24,25)15-9-7-14(8-10-15)20-13-16-17(22)26-19(3,4)27-18(16)23/h5-10,13,20H,1-2,11-12H2,3-4H3. The van der Waals surface area contributed by atoms with Crippen LogP contribution in [0.4, 0.5) is 5.69 Å². The summed E-state index contributed by atoms with van der Waals surface area (Å²) in [5, 5.41) is 2.76. The van der Waals surface area contributed by atoms with Crippen molar-refractivity contribution in [2.45, 2.75) is 24.5 Å². The van der Waals surface area contributed by atoms with E-state index in [9.17, 15) is 18.0 Å². The van der Waals surface area contributed by atoms with Crippen LogP contribution in [0.2, 0.25) is 0 Å². The van der Waals surface area contributed by atoms with Crippen LogP contribution in [-0.4, -0.2) is 43.5 Å². The highest BCUT2D eigenvalue weighted by atomic mass is 32.2. The second kappa shape index (κ2) is 8.41. The molecular formula is C19H22N2O6S. The third-order valence-electron chi connectivity index (χ3n) is 3.66. The number of rotatable bonds is 8. The molecule has 0 bridgehead atoms. The van der Waals surface area contributed by atoms with Crippen LogP contribution in [0.15, 0.2) is 66.2 Å². The summed E-state index contributed by atoms with van der Waals surface area (Å²) in [5.74, 6) is -2.93. The molecule has 0 unspecified atom stereocenters. The number of cyclic esters (lactones) is 2. The predicted octanol–water partition coefficient (Wildman–Crippen LogP) is 2.18. The molecule has 1 heterocycles. The van der Waals surface area contributed by atoms with E-state index < -0.39 is 27.7 Å². The maximum Gasteiger partial charge on any atom is 0.350 e. The summed E-state index contributed by atoms with van der Waals surface area (Å²) in [6.07, 6.45) is 4.14. The molecule has 0 radical (unpaired) electrons. The Hall–Kier alpha value is -2.91. The Bertz CT molecular complexity index is 884. The Labute approximate surface area is 164 Å². The van der Waals surface area contributed by atoms with E-state index in [0.29, 0.717) is 5.69 Å². The molecule has 1 fully saturated rings. The Morgan fingerprint density at radius 3 is 2.00 bits per heavy atom. The number of nitrogens with one attached hydrogen (secondary N) is 1. The lowest BCUT2D eigenvalue weighted by Crippen LogP contribution is -2.42. The molecule has 1 aromatic rings. The lowest BCUT2D eigenvalue weighted by Gasteiger charge is -2.29. The van der Waals surface area contributed by atoms with E-state index >= 15 is 0 Å². The second-order valence-corrected chi connectivity index (χ2v) is 8.24. The van der Waals surface area contributed by atoms with Gasteiger partial charge < -0.3 is 14.8 Å². The van der Waals surface area contributed by atoms with Gasteiger partial charge in [-0.25, -0.2) is 18.0 Å². The number of hydrogen-bond donors (Lipinski definition) is 1. The summed E-state index contributed by atoms with van der Waals surface area (Å²) in [4.78, 5) is 23.9. The maximum absolute atomic E-state index is 12.7. The van der Waals surface area contributed by atoms with Gasteiger partial charge in [0.1, 0.15) is 0 Å². The third-order valence-corrected chi connectivity index (χ3v) is 5.50. The summed E-state index contributed by atoms with van der Waals surface area (Å²) >= 11 is 0. The normalized spacial score (nSPS) is 16.2. The summed E-state index contributed by atoms with van der Waals surface area (Å²) in [5.41, 5.74) is 0.176. The smallest absolute Gasteiger partial charge is 0.350 e.